The average molecular weight is 442 g/mol. The van der Waals surface area contributed by atoms with Gasteiger partial charge in [0.1, 0.15) is 0 Å². The van der Waals surface area contributed by atoms with E-state index in [-0.39, 0.29) is 25.0 Å². The van der Waals surface area contributed by atoms with Crippen LogP contribution in [0.5, 0.6) is 0 Å². The van der Waals surface area contributed by atoms with Gasteiger partial charge in [-0.1, -0.05) is 11.6 Å². The zero-order chi connectivity index (χ0) is 21.3. The van der Waals surface area contributed by atoms with E-state index in [9.17, 15) is 26.4 Å². The molecule has 1 saturated heterocycles. The Labute approximate surface area is 167 Å². The van der Waals surface area contributed by atoms with Crippen molar-refractivity contribution in [1.29, 1.82) is 0 Å². The lowest BCUT2D eigenvalue weighted by Gasteiger charge is -2.37. The smallest absolute Gasteiger partial charge is 0.353 e. The number of sulfonamides is 1. The fourth-order valence-electron chi connectivity index (χ4n) is 2.93. The Hall–Kier alpha value is -1.36. The van der Waals surface area contributed by atoms with Gasteiger partial charge < -0.3 is 5.32 Å². The normalized spacial score (nSPS) is 18.3. The Kier molecular flexibility index (Phi) is 7.01. The van der Waals surface area contributed by atoms with E-state index in [0.717, 1.165) is 16.4 Å². The fourth-order valence-corrected chi connectivity index (χ4v) is 4.61. The number of alkyl halides is 3. The minimum absolute atomic E-state index is 0.00986. The van der Waals surface area contributed by atoms with Crippen LogP contribution in [0.2, 0.25) is 5.02 Å². The lowest BCUT2D eigenvalue weighted by molar-refractivity contribution is -0.137. The van der Waals surface area contributed by atoms with Crippen molar-refractivity contribution >= 4 is 27.5 Å². The van der Waals surface area contributed by atoms with E-state index in [1.807, 2.05) is 18.7 Å². The van der Waals surface area contributed by atoms with E-state index < -0.39 is 37.7 Å². The van der Waals surface area contributed by atoms with Crippen LogP contribution in [0.1, 0.15) is 26.3 Å². The predicted octanol–water partition coefficient (Wildman–Crippen LogP) is 2.58. The van der Waals surface area contributed by atoms with E-state index in [0.29, 0.717) is 19.2 Å². The number of halogens is 4. The second kappa shape index (κ2) is 8.56. The van der Waals surface area contributed by atoms with Crippen molar-refractivity contribution in [2.24, 2.45) is 0 Å². The summed E-state index contributed by atoms with van der Waals surface area (Å²) in [6.07, 6.45) is -4.75. The van der Waals surface area contributed by atoms with Crippen molar-refractivity contribution in [1.82, 2.24) is 14.5 Å². The summed E-state index contributed by atoms with van der Waals surface area (Å²) in [6, 6.07) is 2.12. The molecular weight excluding hydrogens is 419 g/mol. The van der Waals surface area contributed by atoms with E-state index >= 15 is 0 Å². The van der Waals surface area contributed by atoms with Crippen molar-refractivity contribution in [2.45, 2.75) is 43.9 Å². The van der Waals surface area contributed by atoms with Gasteiger partial charge in [0.25, 0.3) is 0 Å². The summed E-state index contributed by atoms with van der Waals surface area (Å²) in [4.78, 5) is 13.5. The zero-order valence-electron chi connectivity index (χ0n) is 15.8. The molecule has 0 bridgehead atoms. The zero-order valence-corrected chi connectivity index (χ0v) is 17.3. The van der Waals surface area contributed by atoms with Crippen LogP contribution in [-0.4, -0.2) is 61.8 Å². The van der Waals surface area contributed by atoms with Gasteiger partial charge in [0, 0.05) is 32.2 Å². The SMILES string of the molecule is CC(C)NC(=O)C(C)N1CCN(S(=O)(=O)c2ccc(Cl)c(C(F)(F)F)c2)CC1. The number of benzene rings is 1. The van der Waals surface area contributed by atoms with Gasteiger partial charge in [-0.05, 0) is 39.0 Å². The molecule has 158 valence electrons. The molecule has 2 rings (SSSR count). The molecular formula is C17H23ClF3N3O3S. The molecule has 1 aliphatic rings. The summed E-state index contributed by atoms with van der Waals surface area (Å²) in [5, 5.41) is 2.25. The molecule has 0 saturated carbocycles. The molecule has 1 heterocycles. The largest absolute Gasteiger partial charge is 0.417 e. The van der Waals surface area contributed by atoms with Crippen molar-refractivity contribution in [3.05, 3.63) is 28.8 Å². The first-order chi connectivity index (χ1) is 12.8. The number of carbonyl (C=O) groups excluding carboxylic acids is 1. The molecule has 1 unspecified atom stereocenters. The van der Waals surface area contributed by atoms with Crippen LogP contribution in [0, 0.1) is 0 Å². The molecule has 1 fully saturated rings. The molecule has 1 amide bonds. The average Bonchev–Trinajstić information content (AvgIpc) is 2.59. The maximum Gasteiger partial charge on any atom is 0.417 e. The summed E-state index contributed by atoms with van der Waals surface area (Å²) >= 11 is 5.56. The van der Waals surface area contributed by atoms with Crippen molar-refractivity contribution < 1.29 is 26.4 Å². The standard InChI is InChI=1S/C17H23ClF3N3O3S/c1-11(2)22-16(25)12(3)23-6-8-24(9-7-23)28(26,27)13-4-5-15(18)14(10-13)17(19,20)21/h4-5,10-12H,6-9H2,1-3H3,(H,22,25). The monoisotopic (exact) mass is 441 g/mol. The second-order valence-corrected chi connectivity index (χ2v) is 9.26. The van der Waals surface area contributed by atoms with Gasteiger partial charge in [-0.25, -0.2) is 8.42 Å². The lowest BCUT2D eigenvalue weighted by atomic mass is 10.2. The minimum atomic E-state index is -4.75. The van der Waals surface area contributed by atoms with E-state index in [2.05, 4.69) is 5.32 Å². The maximum absolute atomic E-state index is 13.0. The van der Waals surface area contributed by atoms with Gasteiger partial charge in [-0.2, -0.15) is 17.5 Å². The van der Waals surface area contributed by atoms with E-state index in [1.165, 1.54) is 0 Å². The van der Waals surface area contributed by atoms with Crippen LogP contribution in [0.15, 0.2) is 23.1 Å². The summed E-state index contributed by atoms with van der Waals surface area (Å²) < 4.78 is 65.7. The van der Waals surface area contributed by atoms with E-state index in [4.69, 9.17) is 11.6 Å². The Bertz CT molecular complexity index is 823. The van der Waals surface area contributed by atoms with Crippen LogP contribution in [-0.2, 0) is 21.0 Å². The molecule has 0 spiro atoms. The highest BCUT2D eigenvalue weighted by atomic mass is 35.5. The van der Waals surface area contributed by atoms with Crippen molar-refractivity contribution in [3.8, 4) is 0 Å². The number of rotatable bonds is 5. The summed E-state index contributed by atoms with van der Waals surface area (Å²) in [5.74, 6) is -0.154. The van der Waals surface area contributed by atoms with E-state index in [1.54, 1.807) is 6.92 Å². The first-order valence-corrected chi connectivity index (χ1v) is 10.6. The van der Waals surface area contributed by atoms with Crippen LogP contribution in [0.25, 0.3) is 0 Å². The highest BCUT2D eigenvalue weighted by Gasteiger charge is 2.36. The molecule has 1 aromatic rings. The topological polar surface area (TPSA) is 69.7 Å². The minimum Gasteiger partial charge on any atom is -0.353 e. The van der Waals surface area contributed by atoms with Gasteiger partial charge in [0.05, 0.1) is 21.5 Å². The predicted molar refractivity (Wildman–Crippen MR) is 99.5 cm³/mol. The Morgan fingerprint density at radius 2 is 1.71 bits per heavy atom. The molecule has 28 heavy (non-hydrogen) atoms. The van der Waals surface area contributed by atoms with Gasteiger partial charge >= 0.3 is 6.18 Å². The number of piperazine rings is 1. The third-order valence-electron chi connectivity index (χ3n) is 4.51. The Morgan fingerprint density at radius 1 is 1.14 bits per heavy atom. The third-order valence-corrected chi connectivity index (χ3v) is 6.74. The summed E-state index contributed by atoms with van der Waals surface area (Å²) in [6.45, 7) is 6.16. The van der Waals surface area contributed by atoms with Crippen molar-refractivity contribution in [3.63, 3.8) is 0 Å². The van der Waals surface area contributed by atoms with Gasteiger partial charge in [-0.15, -0.1) is 0 Å². The molecule has 11 heteroatoms. The van der Waals surface area contributed by atoms with Crippen LogP contribution in [0.4, 0.5) is 13.2 Å². The van der Waals surface area contributed by atoms with Crippen LogP contribution >= 0.6 is 11.6 Å². The number of amides is 1. The first-order valence-electron chi connectivity index (χ1n) is 8.75. The number of hydrogen-bond donors (Lipinski definition) is 1. The lowest BCUT2D eigenvalue weighted by Crippen LogP contribution is -2.55. The number of nitrogens with one attached hydrogen (secondary N) is 1. The fraction of sp³-hybridized carbons (Fsp3) is 0.588. The van der Waals surface area contributed by atoms with Crippen LogP contribution in [0.3, 0.4) is 0 Å². The molecule has 1 N–H and O–H groups in total. The van der Waals surface area contributed by atoms with Gasteiger partial charge in [0.2, 0.25) is 15.9 Å². The number of nitrogens with zero attached hydrogens (tertiary/aromatic N) is 2. The number of hydrogen-bond acceptors (Lipinski definition) is 4. The van der Waals surface area contributed by atoms with Gasteiger partial charge in [-0.3, -0.25) is 9.69 Å². The van der Waals surface area contributed by atoms with Crippen molar-refractivity contribution in [2.75, 3.05) is 26.2 Å². The summed E-state index contributed by atoms with van der Waals surface area (Å²) in [5.41, 5.74) is -1.19. The highest BCUT2D eigenvalue weighted by molar-refractivity contribution is 7.89. The Balaban J connectivity index is 2.12. The number of carbonyl (C=O) groups is 1. The Morgan fingerprint density at radius 3 is 2.21 bits per heavy atom. The van der Waals surface area contributed by atoms with Gasteiger partial charge in [0.15, 0.2) is 0 Å². The maximum atomic E-state index is 13.0. The molecule has 1 atom stereocenters. The highest BCUT2D eigenvalue weighted by Crippen LogP contribution is 2.36. The molecule has 0 aromatic heterocycles. The third kappa shape index (κ3) is 5.16. The first kappa shape index (κ1) is 22.9. The molecule has 0 aliphatic carbocycles. The second-order valence-electron chi connectivity index (χ2n) is 6.92. The molecule has 0 radical (unpaired) electrons. The molecule has 1 aromatic carbocycles. The molecule has 6 nitrogen and oxygen atoms in total. The van der Waals surface area contributed by atoms with Crippen LogP contribution < -0.4 is 5.32 Å². The molecule has 1 aliphatic heterocycles. The quantitative estimate of drug-likeness (QED) is 0.762. The summed E-state index contributed by atoms with van der Waals surface area (Å²) in [7, 11) is -4.10.